The lowest BCUT2D eigenvalue weighted by molar-refractivity contribution is -0.144. The van der Waals surface area contributed by atoms with Gasteiger partial charge < -0.3 is 10.2 Å². The van der Waals surface area contributed by atoms with Gasteiger partial charge in [-0.05, 0) is 36.9 Å². The van der Waals surface area contributed by atoms with E-state index in [4.69, 9.17) is 5.11 Å². The van der Waals surface area contributed by atoms with Gasteiger partial charge in [0.2, 0.25) is 0 Å². The van der Waals surface area contributed by atoms with Gasteiger partial charge in [0.25, 0.3) is 0 Å². The van der Waals surface area contributed by atoms with Gasteiger partial charge in [0.15, 0.2) is 0 Å². The molecule has 2 rings (SSSR count). The third-order valence-electron chi connectivity index (χ3n) is 3.47. The molecule has 1 aromatic rings. The third-order valence-corrected chi connectivity index (χ3v) is 3.47. The highest BCUT2D eigenvalue weighted by Crippen LogP contribution is 2.29. The van der Waals surface area contributed by atoms with Crippen LogP contribution in [0.25, 0.3) is 0 Å². The second-order valence-electron chi connectivity index (χ2n) is 4.66. The molecule has 4 heteroatoms. The Morgan fingerprint density at radius 2 is 2.11 bits per heavy atom. The zero-order valence-electron chi connectivity index (χ0n) is 10.4. The summed E-state index contributed by atoms with van der Waals surface area (Å²) in [6.07, 6.45) is 2.46. The number of fused-ring (bicyclic) bond motifs is 1. The topological polar surface area (TPSA) is 60.8 Å². The predicted octanol–water partition coefficient (Wildman–Crippen LogP) is 1.44. The van der Waals surface area contributed by atoms with Crippen LogP contribution in [0.1, 0.15) is 30.0 Å². The van der Waals surface area contributed by atoms with E-state index >= 15 is 0 Å². The first-order chi connectivity index (χ1) is 8.74. The van der Waals surface area contributed by atoms with Crippen LogP contribution >= 0.6 is 0 Å². The van der Waals surface area contributed by atoms with Crippen LogP contribution in [0.3, 0.4) is 0 Å². The minimum atomic E-state index is -0.786. The van der Waals surface area contributed by atoms with Gasteiger partial charge >= 0.3 is 5.97 Å². The van der Waals surface area contributed by atoms with Crippen LogP contribution in [0.4, 0.5) is 0 Å². The molecule has 0 aliphatic carbocycles. The lowest BCUT2D eigenvalue weighted by Gasteiger charge is -2.34. The molecule has 0 saturated carbocycles. The van der Waals surface area contributed by atoms with E-state index in [1.165, 1.54) is 0 Å². The number of nitrogens with zero attached hydrogens (tertiary/aromatic N) is 1. The van der Waals surface area contributed by atoms with Crippen molar-refractivity contribution in [2.24, 2.45) is 0 Å². The minimum absolute atomic E-state index is 0.169. The summed E-state index contributed by atoms with van der Waals surface area (Å²) in [5.41, 5.74) is 2.06. The first-order valence-corrected chi connectivity index (χ1v) is 6.39. The fourth-order valence-corrected chi connectivity index (χ4v) is 2.58. The van der Waals surface area contributed by atoms with E-state index in [1.54, 1.807) is 0 Å². The van der Waals surface area contributed by atoms with E-state index in [9.17, 15) is 9.90 Å². The molecule has 1 aromatic carbocycles. The monoisotopic (exact) mass is 249 g/mol. The molecule has 1 atom stereocenters. The van der Waals surface area contributed by atoms with Crippen LogP contribution in [0.15, 0.2) is 24.3 Å². The Kier molecular flexibility index (Phi) is 4.33. The molecule has 0 bridgehead atoms. The fourth-order valence-electron chi connectivity index (χ4n) is 2.58. The van der Waals surface area contributed by atoms with Crippen molar-refractivity contribution in [2.75, 3.05) is 19.7 Å². The number of unbranched alkanes of at least 4 members (excludes halogenated alkanes) is 1. The summed E-state index contributed by atoms with van der Waals surface area (Å²) in [6.45, 7) is 1.67. The Labute approximate surface area is 107 Å². The molecule has 18 heavy (non-hydrogen) atoms. The minimum Gasteiger partial charge on any atom is -0.480 e. The first-order valence-electron chi connectivity index (χ1n) is 6.39. The molecule has 1 aliphatic rings. The number of aliphatic carboxylic acids is 1. The van der Waals surface area contributed by atoms with Gasteiger partial charge in [-0.25, -0.2) is 0 Å². The second-order valence-corrected chi connectivity index (χ2v) is 4.66. The highest BCUT2D eigenvalue weighted by Gasteiger charge is 2.31. The van der Waals surface area contributed by atoms with E-state index in [2.05, 4.69) is 0 Å². The Morgan fingerprint density at radius 1 is 1.33 bits per heavy atom. The van der Waals surface area contributed by atoms with Crippen molar-refractivity contribution in [3.05, 3.63) is 35.4 Å². The SMILES string of the molecule is O=C(O)C1c2ccccc2CCN1CCCCO. The van der Waals surface area contributed by atoms with Crippen molar-refractivity contribution < 1.29 is 15.0 Å². The van der Waals surface area contributed by atoms with Gasteiger partial charge in [-0.1, -0.05) is 24.3 Å². The van der Waals surface area contributed by atoms with Crippen molar-refractivity contribution in [1.29, 1.82) is 0 Å². The van der Waals surface area contributed by atoms with Gasteiger partial charge in [0.1, 0.15) is 6.04 Å². The van der Waals surface area contributed by atoms with Gasteiger partial charge in [-0.15, -0.1) is 0 Å². The second kappa shape index (κ2) is 5.98. The Morgan fingerprint density at radius 3 is 2.83 bits per heavy atom. The molecule has 0 spiro atoms. The smallest absolute Gasteiger partial charge is 0.325 e. The lowest BCUT2D eigenvalue weighted by Crippen LogP contribution is -2.40. The summed E-state index contributed by atoms with van der Waals surface area (Å²) in [5.74, 6) is -0.786. The largest absolute Gasteiger partial charge is 0.480 e. The zero-order valence-corrected chi connectivity index (χ0v) is 10.4. The number of rotatable bonds is 5. The van der Waals surface area contributed by atoms with Crippen LogP contribution in [-0.2, 0) is 11.2 Å². The van der Waals surface area contributed by atoms with Crippen molar-refractivity contribution >= 4 is 5.97 Å². The zero-order chi connectivity index (χ0) is 13.0. The van der Waals surface area contributed by atoms with Crippen molar-refractivity contribution in [1.82, 2.24) is 4.90 Å². The number of aliphatic hydroxyl groups is 1. The predicted molar refractivity (Wildman–Crippen MR) is 68.4 cm³/mol. The van der Waals surface area contributed by atoms with Gasteiger partial charge in [0.05, 0.1) is 0 Å². The number of aliphatic hydroxyl groups excluding tert-OH is 1. The van der Waals surface area contributed by atoms with E-state index in [-0.39, 0.29) is 6.61 Å². The molecule has 0 fully saturated rings. The van der Waals surface area contributed by atoms with Crippen LogP contribution < -0.4 is 0 Å². The van der Waals surface area contributed by atoms with Gasteiger partial charge in [0, 0.05) is 13.2 Å². The molecular formula is C14H19NO3. The summed E-state index contributed by atoms with van der Waals surface area (Å²) in [5, 5.41) is 18.2. The number of carbonyl (C=O) groups is 1. The fraction of sp³-hybridized carbons (Fsp3) is 0.500. The van der Waals surface area contributed by atoms with E-state index < -0.39 is 12.0 Å². The average molecular weight is 249 g/mol. The number of hydrogen-bond acceptors (Lipinski definition) is 3. The maximum Gasteiger partial charge on any atom is 0.325 e. The molecule has 0 aromatic heterocycles. The molecule has 0 radical (unpaired) electrons. The summed E-state index contributed by atoms with van der Waals surface area (Å²) in [4.78, 5) is 13.5. The van der Waals surface area contributed by atoms with Crippen molar-refractivity contribution in [3.8, 4) is 0 Å². The molecule has 98 valence electrons. The molecule has 1 aliphatic heterocycles. The number of benzene rings is 1. The Hall–Kier alpha value is -1.39. The van der Waals surface area contributed by atoms with Gasteiger partial charge in [-0.3, -0.25) is 9.69 Å². The van der Waals surface area contributed by atoms with Crippen LogP contribution in [-0.4, -0.2) is 40.8 Å². The normalized spacial score (nSPS) is 19.5. The maximum atomic E-state index is 11.5. The summed E-state index contributed by atoms with van der Waals surface area (Å²) in [6, 6.07) is 7.24. The molecule has 1 unspecified atom stereocenters. The molecule has 0 amide bonds. The molecule has 2 N–H and O–H groups in total. The average Bonchev–Trinajstić information content (AvgIpc) is 2.38. The highest BCUT2D eigenvalue weighted by molar-refractivity contribution is 5.76. The summed E-state index contributed by atoms with van der Waals surface area (Å²) >= 11 is 0. The molecule has 4 nitrogen and oxygen atoms in total. The number of carboxylic acids is 1. The van der Waals surface area contributed by atoms with Crippen LogP contribution in [0.2, 0.25) is 0 Å². The Balaban J connectivity index is 2.16. The molecular weight excluding hydrogens is 230 g/mol. The summed E-state index contributed by atoms with van der Waals surface area (Å²) < 4.78 is 0. The maximum absolute atomic E-state index is 11.5. The lowest BCUT2D eigenvalue weighted by atomic mass is 9.92. The van der Waals surface area contributed by atoms with Crippen molar-refractivity contribution in [3.63, 3.8) is 0 Å². The first kappa shape index (κ1) is 13.1. The van der Waals surface area contributed by atoms with Crippen LogP contribution in [0, 0.1) is 0 Å². The van der Waals surface area contributed by atoms with Gasteiger partial charge in [-0.2, -0.15) is 0 Å². The highest BCUT2D eigenvalue weighted by atomic mass is 16.4. The van der Waals surface area contributed by atoms with E-state index in [0.29, 0.717) is 0 Å². The Bertz CT molecular complexity index is 419. The number of carboxylic acid groups (broad SMARTS) is 1. The molecule has 0 saturated heterocycles. The standard InChI is InChI=1S/C14H19NO3/c16-10-4-3-8-15-9-7-11-5-1-2-6-12(11)13(15)14(17)18/h1-2,5-6,13,16H,3-4,7-10H2,(H,17,18). The van der Waals surface area contributed by atoms with E-state index in [0.717, 1.165) is 43.5 Å². The molecule has 1 heterocycles. The summed E-state index contributed by atoms with van der Waals surface area (Å²) in [7, 11) is 0. The quantitative estimate of drug-likeness (QED) is 0.775. The van der Waals surface area contributed by atoms with Crippen LogP contribution in [0.5, 0.6) is 0 Å². The third kappa shape index (κ3) is 2.71. The van der Waals surface area contributed by atoms with Crippen molar-refractivity contribution in [2.45, 2.75) is 25.3 Å². The number of hydrogen-bond donors (Lipinski definition) is 2. The van der Waals surface area contributed by atoms with E-state index in [1.807, 2.05) is 29.2 Å².